The van der Waals surface area contributed by atoms with E-state index in [1.807, 2.05) is 29.2 Å². The van der Waals surface area contributed by atoms with Crippen molar-refractivity contribution in [2.45, 2.75) is 38.5 Å². The fourth-order valence-corrected chi connectivity index (χ4v) is 4.67. The number of hydrogen-bond acceptors (Lipinski definition) is 5. The molecule has 6 nitrogen and oxygen atoms in total. The Hall–Kier alpha value is -2.21. The van der Waals surface area contributed by atoms with Crippen molar-refractivity contribution in [3.8, 4) is 5.88 Å². The summed E-state index contributed by atoms with van der Waals surface area (Å²) in [5, 5.41) is 3.45. The monoisotopic (exact) mass is 382 g/mol. The Labute approximate surface area is 166 Å². The van der Waals surface area contributed by atoms with Gasteiger partial charge in [0, 0.05) is 25.9 Å². The Balaban J connectivity index is 1.33. The highest BCUT2D eigenvalue weighted by Crippen LogP contribution is 2.31. The third-order valence-corrected chi connectivity index (χ3v) is 6.32. The van der Waals surface area contributed by atoms with E-state index < -0.39 is 0 Å². The van der Waals surface area contributed by atoms with Crippen LogP contribution in [-0.2, 0) is 11.2 Å². The molecule has 0 atom stereocenters. The Kier molecular flexibility index (Phi) is 6.05. The Morgan fingerprint density at radius 2 is 1.71 bits per heavy atom. The summed E-state index contributed by atoms with van der Waals surface area (Å²) < 4.78 is 5.41. The normalized spacial score (nSPS) is 19.1. The van der Waals surface area contributed by atoms with E-state index in [-0.39, 0.29) is 5.91 Å². The van der Waals surface area contributed by atoms with Gasteiger partial charge in [-0.05, 0) is 62.7 Å². The lowest BCUT2D eigenvalue weighted by Crippen LogP contribution is -2.42. The summed E-state index contributed by atoms with van der Waals surface area (Å²) in [6.07, 6.45) is 5.90. The van der Waals surface area contributed by atoms with Crippen molar-refractivity contribution in [3.05, 3.63) is 30.0 Å². The molecule has 2 aromatic rings. The molecule has 0 radical (unpaired) electrons. The molecular formula is C22H30N4O2. The first-order valence-corrected chi connectivity index (χ1v) is 10.5. The van der Waals surface area contributed by atoms with E-state index in [2.05, 4.69) is 15.3 Å². The van der Waals surface area contributed by atoms with Crippen LogP contribution in [0.3, 0.4) is 0 Å². The number of para-hydroxylation sites is 2. The van der Waals surface area contributed by atoms with E-state index in [0.29, 0.717) is 18.7 Å². The van der Waals surface area contributed by atoms with Gasteiger partial charge in [-0.3, -0.25) is 4.79 Å². The third kappa shape index (κ3) is 4.27. The zero-order valence-electron chi connectivity index (χ0n) is 16.7. The van der Waals surface area contributed by atoms with Gasteiger partial charge in [-0.15, -0.1) is 0 Å². The quantitative estimate of drug-likeness (QED) is 0.861. The summed E-state index contributed by atoms with van der Waals surface area (Å²) >= 11 is 0. The lowest BCUT2D eigenvalue weighted by Gasteiger charge is -2.37. The second-order valence-corrected chi connectivity index (χ2v) is 7.97. The van der Waals surface area contributed by atoms with E-state index in [4.69, 9.17) is 4.74 Å². The summed E-state index contributed by atoms with van der Waals surface area (Å²) in [5.74, 6) is 2.38. The van der Waals surface area contributed by atoms with Crippen LogP contribution in [0.2, 0.25) is 0 Å². The molecule has 2 saturated heterocycles. The molecule has 2 aliphatic heterocycles. The molecule has 150 valence electrons. The van der Waals surface area contributed by atoms with Crippen molar-refractivity contribution in [1.29, 1.82) is 0 Å². The molecule has 0 unspecified atom stereocenters. The van der Waals surface area contributed by atoms with Gasteiger partial charge in [0.25, 0.3) is 0 Å². The first kappa shape index (κ1) is 19.1. The van der Waals surface area contributed by atoms with Gasteiger partial charge in [-0.2, -0.15) is 0 Å². The largest absolute Gasteiger partial charge is 0.480 e. The summed E-state index contributed by atoms with van der Waals surface area (Å²) in [4.78, 5) is 24.0. The molecule has 0 spiro atoms. The van der Waals surface area contributed by atoms with Crippen LogP contribution in [0, 0.1) is 11.8 Å². The second kappa shape index (κ2) is 8.86. The highest BCUT2D eigenvalue weighted by Gasteiger charge is 2.29. The summed E-state index contributed by atoms with van der Waals surface area (Å²) in [7, 11) is 1.61. The number of aromatic nitrogens is 2. The number of carbonyl (C=O) groups is 1. The number of methoxy groups -OCH3 is 1. The maximum atomic E-state index is 12.7. The molecule has 1 N–H and O–H groups in total. The molecule has 1 aromatic carbocycles. The van der Waals surface area contributed by atoms with Crippen LogP contribution in [0.25, 0.3) is 11.0 Å². The molecule has 0 aliphatic carbocycles. The lowest BCUT2D eigenvalue weighted by molar-refractivity contribution is -0.132. The zero-order chi connectivity index (χ0) is 19.3. The van der Waals surface area contributed by atoms with Gasteiger partial charge in [0.05, 0.1) is 18.1 Å². The third-order valence-electron chi connectivity index (χ3n) is 6.32. The number of nitrogens with zero attached hydrogens (tertiary/aromatic N) is 3. The number of hydrogen-bond donors (Lipinski definition) is 1. The zero-order valence-corrected chi connectivity index (χ0v) is 16.7. The van der Waals surface area contributed by atoms with Gasteiger partial charge < -0.3 is 15.0 Å². The van der Waals surface area contributed by atoms with Crippen LogP contribution in [0.15, 0.2) is 24.3 Å². The minimum Gasteiger partial charge on any atom is -0.480 e. The minimum absolute atomic E-state index is 0.223. The fourth-order valence-electron chi connectivity index (χ4n) is 4.67. The Bertz CT molecular complexity index is 811. The van der Waals surface area contributed by atoms with Crippen molar-refractivity contribution in [2.24, 2.45) is 11.8 Å². The van der Waals surface area contributed by atoms with Crippen LogP contribution in [0.4, 0.5) is 0 Å². The maximum absolute atomic E-state index is 12.7. The number of benzene rings is 1. The number of ether oxygens (including phenoxy) is 1. The number of rotatable bonds is 5. The van der Waals surface area contributed by atoms with Gasteiger partial charge in [-0.1, -0.05) is 12.1 Å². The smallest absolute Gasteiger partial charge is 0.235 e. The van der Waals surface area contributed by atoms with Crippen molar-refractivity contribution in [2.75, 3.05) is 33.3 Å². The van der Waals surface area contributed by atoms with Crippen LogP contribution < -0.4 is 10.1 Å². The Morgan fingerprint density at radius 3 is 2.39 bits per heavy atom. The number of piperidine rings is 2. The van der Waals surface area contributed by atoms with E-state index in [0.717, 1.165) is 67.6 Å². The van der Waals surface area contributed by atoms with Crippen LogP contribution >= 0.6 is 0 Å². The molecule has 4 rings (SSSR count). The standard InChI is InChI=1S/C22H30N4O2/c1-28-22-20(24-18-4-2-3-5-19(18)25-22)6-7-21(27)26-14-10-17(11-15-26)16-8-12-23-13-9-16/h2-5,16-17,23H,6-15H2,1H3. The second-order valence-electron chi connectivity index (χ2n) is 7.97. The topological polar surface area (TPSA) is 67.4 Å². The van der Waals surface area contributed by atoms with Crippen molar-refractivity contribution in [1.82, 2.24) is 20.2 Å². The Morgan fingerprint density at radius 1 is 1.07 bits per heavy atom. The number of amides is 1. The summed E-state index contributed by atoms with van der Waals surface area (Å²) in [6, 6.07) is 7.75. The van der Waals surface area contributed by atoms with Gasteiger partial charge in [0.15, 0.2) is 0 Å². The van der Waals surface area contributed by atoms with E-state index in [1.54, 1.807) is 7.11 Å². The van der Waals surface area contributed by atoms with Gasteiger partial charge >= 0.3 is 0 Å². The number of nitrogens with one attached hydrogen (secondary N) is 1. The van der Waals surface area contributed by atoms with Crippen LogP contribution in [-0.4, -0.2) is 54.1 Å². The molecule has 3 heterocycles. The average Bonchev–Trinajstić information content (AvgIpc) is 2.77. The predicted octanol–water partition coefficient (Wildman–Crippen LogP) is 2.81. The molecule has 28 heavy (non-hydrogen) atoms. The van der Waals surface area contributed by atoms with E-state index >= 15 is 0 Å². The fraction of sp³-hybridized carbons (Fsp3) is 0.591. The van der Waals surface area contributed by atoms with E-state index in [1.165, 1.54) is 12.8 Å². The predicted molar refractivity (Wildman–Crippen MR) is 109 cm³/mol. The lowest BCUT2D eigenvalue weighted by atomic mass is 9.79. The van der Waals surface area contributed by atoms with Gasteiger partial charge in [-0.25, -0.2) is 9.97 Å². The highest BCUT2D eigenvalue weighted by atomic mass is 16.5. The molecular weight excluding hydrogens is 352 g/mol. The molecule has 1 aromatic heterocycles. The van der Waals surface area contributed by atoms with Crippen LogP contribution in [0.5, 0.6) is 5.88 Å². The number of fused-ring (bicyclic) bond motifs is 1. The summed E-state index contributed by atoms with van der Waals surface area (Å²) in [6.45, 7) is 4.10. The average molecular weight is 383 g/mol. The molecule has 2 aliphatic rings. The van der Waals surface area contributed by atoms with Gasteiger partial charge in [0.2, 0.25) is 11.8 Å². The minimum atomic E-state index is 0.223. The molecule has 0 saturated carbocycles. The van der Waals surface area contributed by atoms with E-state index in [9.17, 15) is 4.79 Å². The molecule has 6 heteroatoms. The first-order chi connectivity index (χ1) is 13.7. The molecule has 2 fully saturated rings. The molecule has 0 bridgehead atoms. The molecule has 1 amide bonds. The van der Waals surface area contributed by atoms with Crippen molar-refractivity contribution in [3.63, 3.8) is 0 Å². The van der Waals surface area contributed by atoms with Crippen molar-refractivity contribution >= 4 is 16.9 Å². The number of carbonyl (C=O) groups excluding carboxylic acids is 1. The van der Waals surface area contributed by atoms with Crippen molar-refractivity contribution < 1.29 is 9.53 Å². The highest BCUT2D eigenvalue weighted by molar-refractivity contribution is 5.77. The SMILES string of the molecule is COc1nc2ccccc2nc1CCC(=O)N1CCC(C2CCNCC2)CC1. The number of likely N-dealkylation sites (tertiary alicyclic amines) is 1. The van der Waals surface area contributed by atoms with Gasteiger partial charge in [0.1, 0.15) is 5.69 Å². The first-order valence-electron chi connectivity index (χ1n) is 10.5. The maximum Gasteiger partial charge on any atom is 0.235 e. The number of aryl methyl sites for hydroxylation is 1. The summed E-state index contributed by atoms with van der Waals surface area (Å²) in [5.41, 5.74) is 2.42. The van der Waals surface area contributed by atoms with Crippen LogP contribution in [0.1, 0.15) is 37.8 Å².